The van der Waals surface area contributed by atoms with E-state index in [1.807, 2.05) is 0 Å². The molecule has 1 aromatic rings. The Morgan fingerprint density at radius 3 is 1.75 bits per heavy atom. The van der Waals surface area contributed by atoms with Gasteiger partial charge in [0.15, 0.2) is 0 Å². The van der Waals surface area contributed by atoms with Crippen molar-refractivity contribution in [2.24, 2.45) is 0 Å². The Morgan fingerprint density at radius 2 is 1.50 bits per heavy atom. The lowest BCUT2D eigenvalue weighted by atomic mass is 9.90. The standard InChI is InChI=1S/C6H6BNO4.C6H14O2/c9-7-12-6-3-1-5(2-4-6)8(10)11;1-5(2,7)6(3,4)8/h1-4,7,9H;7-8H,1-4H3. The summed E-state index contributed by atoms with van der Waals surface area (Å²) in [7, 11) is -0.433. The normalized spacial score (nSPS) is 11.2. The maximum Gasteiger partial charge on any atom is 0.504 e. The molecule has 20 heavy (non-hydrogen) atoms. The van der Waals surface area contributed by atoms with Crippen LogP contribution in [0, 0.1) is 10.1 Å². The van der Waals surface area contributed by atoms with E-state index in [0.717, 1.165) is 0 Å². The first kappa shape index (κ1) is 18.4. The summed E-state index contributed by atoms with van der Waals surface area (Å²) < 4.78 is 4.67. The Morgan fingerprint density at radius 1 is 1.10 bits per heavy atom. The average molecular weight is 285 g/mol. The summed E-state index contributed by atoms with van der Waals surface area (Å²) in [6.07, 6.45) is 0. The molecule has 112 valence electrons. The largest absolute Gasteiger partial charge is 0.539 e. The van der Waals surface area contributed by atoms with Crippen molar-refractivity contribution in [2.45, 2.75) is 38.9 Å². The van der Waals surface area contributed by atoms with Crippen molar-refractivity contribution in [3.05, 3.63) is 34.4 Å². The van der Waals surface area contributed by atoms with Gasteiger partial charge in [0, 0.05) is 12.1 Å². The zero-order chi connectivity index (χ0) is 16.0. The van der Waals surface area contributed by atoms with Gasteiger partial charge in [-0.25, -0.2) is 0 Å². The summed E-state index contributed by atoms with van der Waals surface area (Å²) in [5.74, 6) is 0.406. The van der Waals surface area contributed by atoms with Crippen LogP contribution in [0.25, 0.3) is 0 Å². The maximum absolute atomic E-state index is 10.2. The van der Waals surface area contributed by atoms with Crippen LogP contribution in [0.3, 0.4) is 0 Å². The van der Waals surface area contributed by atoms with E-state index < -0.39 is 23.8 Å². The smallest absolute Gasteiger partial charge is 0.504 e. The Balaban J connectivity index is 0.000000396. The van der Waals surface area contributed by atoms with Crippen LogP contribution >= 0.6 is 0 Å². The summed E-state index contributed by atoms with van der Waals surface area (Å²) >= 11 is 0. The molecule has 0 amide bonds. The van der Waals surface area contributed by atoms with E-state index >= 15 is 0 Å². The van der Waals surface area contributed by atoms with Crippen molar-refractivity contribution >= 4 is 13.4 Å². The van der Waals surface area contributed by atoms with Crippen LogP contribution in [-0.4, -0.2) is 39.0 Å². The van der Waals surface area contributed by atoms with E-state index in [1.54, 1.807) is 27.7 Å². The van der Waals surface area contributed by atoms with Gasteiger partial charge in [0.1, 0.15) is 5.75 Å². The lowest BCUT2D eigenvalue weighted by Crippen LogP contribution is -2.44. The van der Waals surface area contributed by atoms with Crippen molar-refractivity contribution in [3.8, 4) is 5.75 Å². The average Bonchev–Trinajstić information content (AvgIpc) is 2.28. The summed E-state index contributed by atoms with van der Waals surface area (Å²) in [5.41, 5.74) is -2.01. The minimum atomic E-state index is -1.01. The summed E-state index contributed by atoms with van der Waals surface area (Å²) in [6.45, 7) is 6.31. The van der Waals surface area contributed by atoms with Crippen LogP contribution in [0.1, 0.15) is 27.7 Å². The van der Waals surface area contributed by atoms with E-state index in [0.29, 0.717) is 5.75 Å². The molecule has 0 atom stereocenters. The molecular formula is C12H20BNO6. The van der Waals surface area contributed by atoms with E-state index in [9.17, 15) is 10.1 Å². The summed E-state index contributed by atoms with van der Waals surface area (Å²) in [5, 5.41) is 36.7. The number of nitro groups is 1. The number of nitrogens with zero attached hydrogens (tertiary/aromatic N) is 1. The molecule has 0 radical (unpaired) electrons. The lowest BCUT2D eigenvalue weighted by molar-refractivity contribution is -0.384. The number of non-ortho nitro benzene ring substituents is 1. The minimum Gasteiger partial charge on any atom is -0.539 e. The highest BCUT2D eigenvalue weighted by atomic mass is 16.6. The molecule has 0 aromatic heterocycles. The van der Waals surface area contributed by atoms with Crippen molar-refractivity contribution in [1.29, 1.82) is 0 Å². The highest BCUT2D eigenvalue weighted by molar-refractivity contribution is 6.17. The van der Waals surface area contributed by atoms with Gasteiger partial charge in [0.05, 0.1) is 16.1 Å². The Hall–Kier alpha value is -1.64. The predicted molar refractivity (Wildman–Crippen MR) is 75.7 cm³/mol. The molecule has 7 nitrogen and oxygen atoms in total. The second kappa shape index (κ2) is 7.23. The summed E-state index contributed by atoms with van der Waals surface area (Å²) in [4.78, 5) is 9.69. The zero-order valence-electron chi connectivity index (χ0n) is 12.0. The molecule has 0 aliphatic rings. The molecule has 0 unspecified atom stereocenters. The van der Waals surface area contributed by atoms with Crippen molar-refractivity contribution in [1.82, 2.24) is 0 Å². The van der Waals surface area contributed by atoms with Crippen LogP contribution in [0.4, 0.5) is 5.69 Å². The monoisotopic (exact) mass is 285 g/mol. The molecule has 0 heterocycles. The Bertz CT molecular complexity index is 409. The van der Waals surface area contributed by atoms with Gasteiger partial charge in [-0.05, 0) is 39.8 Å². The van der Waals surface area contributed by atoms with Crippen LogP contribution in [0.15, 0.2) is 24.3 Å². The number of hydrogen-bond donors (Lipinski definition) is 3. The third kappa shape index (κ3) is 6.51. The van der Waals surface area contributed by atoms with Gasteiger partial charge in [0.2, 0.25) is 0 Å². The van der Waals surface area contributed by atoms with E-state index in [4.69, 9.17) is 15.2 Å². The molecule has 0 saturated heterocycles. The van der Waals surface area contributed by atoms with Crippen LogP contribution in [0.2, 0.25) is 0 Å². The number of rotatable bonds is 4. The molecule has 0 fully saturated rings. The predicted octanol–water partition coefficient (Wildman–Crippen LogP) is 0.761. The topological polar surface area (TPSA) is 113 Å². The van der Waals surface area contributed by atoms with Gasteiger partial charge in [-0.15, -0.1) is 0 Å². The second-order valence-electron chi connectivity index (χ2n) is 5.14. The van der Waals surface area contributed by atoms with E-state index in [-0.39, 0.29) is 5.69 Å². The first-order valence-corrected chi connectivity index (χ1v) is 5.92. The fourth-order valence-electron chi connectivity index (χ4n) is 0.739. The van der Waals surface area contributed by atoms with Crippen LogP contribution in [-0.2, 0) is 0 Å². The van der Waals surface area contributed by atoms with Crippen molar-refractivity contribution in [2.75, 3.05) is 0 Å². The molecule has 3 N–H and O–H groups in total. The molecule has 0 bridgehead atoms. The molecule has 1 aromatic carbocycles. The van der Waals surface area contributed by atoms with Gasteiger partial charge >= 0.3 is 7.69 Å². The van der Waals surface area contributed by atoms with E-state index in [2.05, 4.69) is 4.65 Å². The van der Waals surface area contributed by atoms with Crippen molar-refractivity contribution in [3.63, 3.8) is 0 Å². The van der Waals surface area contributed by atoms with Gasteiger partial charge in [-0.3, -0.25) is 10.1 Å². The highest BCUT2D eigenvalue weighted by Crippen LogP contribution is 2.19. The second-order valence-corrected chi connectivity index (χ2v) is 5.14. The molecule has 0 aliphatic heterocycles. The first-order valence-electron chi connectivity index (χ1n) is 5.92. The molecular weight excluding hydrogens is 265 g/mol. The Labute approximate surface area is 118 Å². The van der Waals surface area contributed by atoms with Gasteiger partial charge in [0.25, 0.3) is 5.69 Å². The number of nitro benzene ring substituents is 1. The third-order valence-corrected chi connectivity index (χ3v) is 2.78. The lowest BCUT2D eigenvalue weighted by Gasteiger charge is -2.31. The fraction of sp³-hybridized carbons (Fsp3) is 0.500. The number of aliphatic hydroxyl groups is 2. The summed E-state index contributed by atoms with van der Waals surface area (Å²) in [6, 6.07) is 5.47. The third-order valence-electron chi connectivity index (χ3n) is 2.78. The van der Waals surface area contributed by atoms with Crippen LogP contribution < -0.4 is 4.65 Å². The van der Waals surface area contributed by atoms with Crippen molar-refractivity contribution < 1.29 is 24.8 Å². The molecule has 8 heteroatoms. The van der Waals surface area contributed by atoms with E-state index in [1.165, 1.54) is 24.3 Å². The number of benzene rings is 1. The Kier molecular flexibility index (Phi) is 6.64. The molecule has 0 spiro atoms. The number of hydrogen-bond acceptors (Lipinski definition) is 6. The van der Waals surface area contributed by atoms with Gasteiger partial charge in [-0.2, -0.15) is 0 Å². The van der Waals surface area contributed by atoms with Crippen LogP contribution in [0.5, 0.6) is 5.75 Å². The SMILES string of the molecule is CC(C)(O)C(C)(C)O.O=[N+]([O-])c1ccc(OBO)cc1. The minimum absolute atomic E-state index is 0.000268. The van der Waals surface area contributed by atoms with Gasteiger partial charge < -0.3 is 19.9 Å². The quantitative estimate of drug-likeness (QED) is 0.427. The molecule has 0 saturated carbocycles. The maximum atomic E-state index is 10.2. The highest BCUT2D eigenvalue weighted by Gasteiger charge is 2.31. The molecule has 0 aliphatic carbocycles. The van der Waals surface area contributed by atoms with Gasteiger partial charge in [-0.1, -0.05) is 0 Å². The first-order chi connectivity index (χ1) is 8.99. The zero-order valence-corrected chi connectivity index (χ0v) is 12.0. The fourth-order valence-corrected chi connectivity index (χ4v) is 0.739. The molecule has 1 rings (SSSR count).